The van der Waals surface area contributed by atoms with E-state index in [0.29, 0.717) is 11.3 Å². The second kappa shape index (κ2) is 6.13. The van der Waals surface area contributed by atoms with E-state index in [1.165, 1.54) is 6.26 Å². The summed E-state index contributed by atoms with van der Waals surface area (Å²) in [5, 5.41) is 3.91. The van der Waals surface area contributed by atoms with Crippen molar-refractivity contribution in [3.05, 3.63) is 47.5 Å². The second-order valence-corrected chi connectivity index (χ2v) is 9.17. The summed E-state index contributed by atoms with van der Waals surface area (Å²) in [5.74, 6) is 0.436. The number of methoxy groups -OCH3 is 1. The number of anilines is 1. The number of ether oxygens (including phenoxy) is 1. The Kier molecular flexibility index (Phi) is 3.99. The highest BCUT2D eigenvalue weighted by Crippen LogP contribution is 2.38. The van der Waals surface area contributed by atoms with Gasteiger partial charge >= 0.3 is 0 Å². The van der Waals surface area contributed by atoms with E-state index in [2.05, 4.69) is 10.3 Å². The zero-order valence-electron chi connectivity index (χ0n) is 15.3. The fraction of sp³-hybridized carbons (Fsp3) is 0.250. The number of hydrogen-bond donors (Lipinski definition) is 2. The number of aromatic amines is 1. The lowest BCUT2D eigenvalue weighted by molar-refractivity contribution is -0.116. The molecular formula is C20H20N2O4S. The van der Waals surface area contributed by atoms with E-state index in [1.807, 2.05) is 31.2 Å². The number of amides is 1. The second-order valence-electron chi connectivity index (χ2n) is 7.03. The molecule has 1 atom stereocenters. The molecule has 2 N–H and O–H groups in total. The van der Waals surface area contributed by atoms with E-state index in [1.54, 1.807) is 19.2 Å². The van der Waals surface area contributed by atoms with E-state index in [-0.39, 0.29) is 17.6 Å². The molecule has 0 fully saturated rings. The Morgan fingerprint density at radius 2 is 1.93 bits per heavy atom. The van der Waals surface area contributed by atoms with Crippen LogP contribution in [0, 0.1) is 0 Å². The first-order valence-corrected chi connectivity index (χ1v) is 10.6. The van der Waals surface area contributed by atoms with Crippen LogP contribution < -0.4 is 10.1 Å². The number of H-pyrrole nitrogens is 1. The molecule has 1 amide bonds. The third kappa shape index (κ3) is 3.19. The quantitative estimate of drug-likeness (QED) is 0.721. The molecule has 0 aliphatic carbocycles. The molecular weight excluding hydrogens is 364 g/mol. The van der Waals surface area contributed by atoms with Gasteiger partial charge in [-0.15, -0.1) is 0 Å². The maximum absolute atomic E-state index is 11.9. The number of benzene rings is 2. The van der Waals surface area contributed by atoms with Gasteiger partial charge in [-0.3, -0.25) is 4.79 Å². The standard InChI is InChI=1S/C20H20N2O4S/c1-11-15-7-13-8-17(21-16(13)9-18(15)22-20(11)23)14-5-4-12(6-19(14)26-2)10-27(3,24)25/h4-9,11,21H,10H2,1-3H3,(H,22,23). The van der Waals surface area contributed by atoms with Gasteiger partial charge in [-0.2, -0.15) is 0 Å². The molecule has 27 heavy (non-hydrogen) atoms. The predicted molar refractivity (Wildman–Crippen MR) is 106 cm³/mol. The van der Waals surface area contributed by atoms with E-state index in [9.17, 15) is 13.2 Å². The summed E-state index contributed by atoms with van der Waals surface area (Å²) in [6.07, 6.45) is 1.21. The molecule has 1 aromatic heterocycles. The number of carbonyl (C=O) groups excluding carboxylic acids is 1. The Labute approximate surface area is 157 Å². The minimum Gasteiger partial charge on any atom is -0.496 e. The number of aromatic nitrogens is 1. The van der Waals surface area contributed by atoms with Crippen LogP contribution in [0.5, 0.6) is 5.75 Å². The first-order valence-electron chi connectivity index (χ1n) is 8.58. The molecule has 3 aromatic rings. The number of sulfone groups is 1. The van der Waals surface area contributed by atoms with E-state index in [4.69, 9.17) is 4.74 Å². The molecule has 1 aliphatic rings. The Hall–Kier alpha value is -2.80. The molecule has 1 aliphatic heterocycles. The highest BCUT2D eigenvalue weighted by atomic mass is 32.2. The van der Waals surface area contributed by atoms with Crippen molar-refractivity contribution >= 4 is 32.3 Å². The van der Waals surface area contributed by atoms with Crippen LogP contribution in [0.2, 0.25) is 0 Å². The SMILES string of the molecule is COc1cc(CS(C)(=O)=O)ccc1-c1cc2cc3c(cc2[nH]1)NC(=O)C3C. The molecule has 0 radical (unpaired) electrons. The number of hydrogen-bond acceptors (Lipinski definition) is 4. The Morgan fingerprint density at radius 1 is 1.15 bits per heavy atom. The first kappa shape index (κ1) is 17.6. The third-order valence-corrected chi connectivity index (χ3v) is 5.75. The summed E-state index contributed by atoms with van der Waals surface area (Å²) >= 11 is 0. The Balaban J connectivity index is 1.77. The van der Waals surface area contributed by atoms with Crippen LogP contribution in [0.4, 0.5) is 5.69 Å². The van der Waals surface area contributed by atoms with Gasteiger partial charge < -0.3 is 15.0 Å². The predicted octanol–water partition coefficient (Wildman–Crippen LogP) is 3.44. The van der Waals surface area contributed by atoms with Crippen LogP contribution in [-0.2, 0) is 20.4 Å². The van der Waals surface area contributed by atoms with E-state index in [0.717, 1.165) is 33.4 Å². The summed E-state index contributed by atoms with van der Waals surface area (Å²) in [7, 11) is -1.55. The van der Waals surface area contributed by atoms with Crippen molar-refractivity contribution in [2.75, 3.05) is 18.7 Å². The summed E-state index contributed by atoms with van der Waals surface area (Å²) in [6, 6.07) is 11.4. The summed E-state index contributed by atoms with van der Waals surface area (Å²) in [6.45, 7) is 1.89. The summed E-state index contributed by atoms with van der Waals surface area (Å²) in [5.41, 5.74) is 5.15. The maximum atomic E-state index is 11.9. The number of nitrogens with one attached hydrogen (secondary N) is 2. The molecule has 2 heterocycles. The van der Waals surface area contributed by atoms with Gasteiger partial charge in [-0.25, -0.2) is 8.42 Å². The smallest absolute Gasteiger partial charge is 0.231 e. The fourth-order valence-corrected chi connectivity index (χ4v) is 4.33. The first-order chi connectivity index (χ1) is 12.7. The molecule has 4 rings (SSSR count). The van der Waals surface area contributed by atoms with Crippen molar-refractivity contribution in [1.82, 2.24) is 4.98 Å². The molecule has 2 aromatic carbocycles. The monoisotopic (exact) mass is 384 g/mol. The van der Waals surface area contributed by atoms with Gasteiger partial charge in [0.05, 0.1) is 24.5 Å². The minimum atomic E-state index is -3.11. The van der Waals surface area contributed by atoms with Gasteiger partial charge in [0, 0.05) is 28.4 Å². The lowest BCUT2D eigenvalue weighted by atomic mass is 10.0. The van der Waals surface area contributed by atoms with Crippen molar-refractivity contribution in [2.45, 2.75) is 18.6 Å². The molecule has 0 bridgehead atoms. The third-order valence-electron chi connectivity index (χ3n) is 4.89. The molecule has 0 spiro atoms. The Bertz CT molecular complexity index is 1180. The topological polar surface area (TPSA) is 88.3 Å². The molecule has 0 saturated carbocycles. The molecule has 1 unspecified atom stereocenters. The lowest BCUT2D eigenvalue weighted by Crippen LogP contribution is -2.08. The van der Waals surface area contributed by atoms with Crippen molar-refractivity contribution in [3.8, 4) is 17.0 Å². The van der Waals surface area contributed by atoms with Crippen molar-refractivity contribution in [3.63, 3.8) is 0 Å². The largest absolute Gasteiger partial charge is 0.496 e. The van der Waals surface area contributed by atoms with Crippen molar-refractivity contribution in [2.24, 2.45) is 0 Å². The summed E-state index contributed by atoms with van der Waals surface area (Å²) in [4.78, 5) is 15.2. The van der Waals surface area contributed by atoms with Crippen LogP contribution in [-0.4, -0.2) is 32.7 Å². The van der Waals surface area contributed by atoms with Crippen molar-refractivity contribution in [1.29, 1.82) is 0 Å². The molecule has 6 nitrogen and oxygen atoms in total. The highest BCUT2D eigenvalue weighted by Gasteiger charge is 2.27. The number of rotatable bonds is 4. The Morgan fingerprint density at radius 3 is 2.63 bits per heavy atom. The highest BCUT2D eigenvalue weighted by molar-refractivity contribution is 7.89. The average Bonchev–Trinajstić information content (AvgIpc) is 3.12. The number of fused-ring (bicyclic) bond motifs is 2. The van der Waals surface area contributed by atoms with Gasteiger partial charge in [0.1, 0.15) is 5.75 Å². The van der Waals surface area contributed by atoms with Crippen LogP contribution in [0.3, 0.4) is 0 Å². The molecule has 140 valence electrons. The maximum Gasteiger partial charge on any atom is 0.231 e. The lowest BCUT2D eigenvalue weighted by Gasteiger charge is -2.09. The van der Waals surface area contributed by atoms with Gasteiger partial charge in [0.15, 0.2) is 9.84 Å². The van der Waals surface area contributed by atoms with E-state index >= 15 is 0 Å². The van der Waals surface area contributed by atoms with Gasteiger partial charge in [-0.05, 0) is 48.4 Å². The average molecular weight is 384 g/mol. The zero-order valence-corrected chi connectivity index (χ0v) is 16.1. The van der Waals surface area contributed by atoms with E-state index < -0.39 is 9.84 Å². The van der Waals surface area contributed by atoms with Crippen LogP contribution in [0.1, 0.15) is 24.0 Å². The van der Waals surface area contributed by atoms with Crippen LogP contribution in [0.15, 0.2) is 36.4 Å². The van der Waals surface area contributed by atoms with Crippen LogP contribution in [0.25, 0.3) is 22.2 Å². The minimum absolute atomic E-state index is 0.0148. The molecule has 0 saturated heterocycles. The molecule has 7 heteroatoms. The van der Waals surface area contributed by atoms with Gasteiger partial charge in [0.25, 0.3) is 0 Å². The van der Waals surface area contributed by atoms with Gasteiger partial charge in [-0.1, -0.05) is 6.07 Å². The zero-order chi connectivity index (χ0) is 19.3. The fourth-order valence-electron chi connectivity index (χ4n) is 3.54. The summed E-state index contributed by atoms with van der Waals surface area (Å²) < 4.78 is 28.6. The van der Waals surface area contributed by atoms with Crippen LogP contribution >= 0.6 is 0 Å². The number of carbonyl (C=O) groups is 1. The van der Waals surface area contributed by atoms with Crippen molar-refractivity contribution < 1.29 is 17.9 Å². The van der Waals surface area contributed by atoms with Gasteiger partial charge in [0.2, 0.25) is 5.91 Å². The normalized spacial score (nSPS) is 16.4.